The van der Waals surface area contributed by atoms with Gasteiger partial charge in [0.15, 0.2) is 0 Å². The number of hydrogen-bond acceptors (Lipinski definition) is 2. The number of carbonyl (C=O) groups excluding carboxylic acids is 1. The van der Waals surface area contributed by atoms with Gasteiger partial charge in [-0.1, -0.05) is 18.2 Å². The largest absolute Gasteiger partial charge is 0.387 e. The van der Waals surface area contributed by atoms with E-state index < -0.39 is 11.5 Å². The highest BCUT2D eigenvalue weighted by Crippen LogP contribution is 2.48. The predicted octanol–water partition coefficient (Wildman–Crippen LogP) is 3.20. The van der Waals surface area contributed by atoms with E-state index in [2.05, 4.69) is 5.32 Å². The van der Waals surface area contributed by atoms with Crippen molar-refractivity contribution in [2.24, 2.45) is 7.05 Å². The number of aliphatic hydroxyl groups excluding tert-OH is 1. The molecule has 26 heavy (non-hydrogen) atoms. The Labute approximate surface area is 151 Å². The van der Waals surface area contributed by atoms with E-state index in [0.717, 1.165) is 34.9 Å². The van der Waals surface area contributed by atoms with Gasteiger partial charge in [0.1, 0.15) is 5.82 Å². The number of nitrogens with zero attached hydrogens (tertiary/aromatic N) is 1. The topological polar surface area (TPSA) is 54.3 Å². The van der Waals surface area contributed by atoms with Crippen molar-refractivity contribution in [1.82, 2.24) is 9.88 Å². The zero-order valence-corrected chi connectivity index (χ0v) is 14.6. The Morgan fingerprint density at radius 3 is 2.65 bits per heavy atom. The zero-order chi connectivity index (χ0) is 18.3. The molecule has 0 spiro atoms. The molecule has 134 valence electrons. The molecular weight excluding hydrogens is 331 g/mol. The molecule has 1 atom stereocenters. The lowest BCUT2D eigenvalue weighted by atomic mass is 9.95. The maximum absolute atomic E-state index is 13.1. The normalized spacial score (nSPS) is 16.4. The van der Waals surface area contributed by atoms with Crippen molar-refractivity contribution in [2.75, 3.05) is 6.54 Å². The van der Waals surface area contributed by atoms with Crippen molar-refractivity contribution in [3.8, 4) is 0 Å². The predicted molar refractivity (Wildman–Crippen MR) is 98.2 cm³/mol. The van der Waals surface area contributed by atoms with Crippen LogP contribution in [-0.2, 0) is 17.3 Å². The minimum atomic E-state index is -0.771. The van der Waals surface area contributed by atoms with Crippen LogP contribution in [0.15, 0.2) is 54.7 Å². The van der Waals surface area contributed by atoms with Crippen molar-refractivity contribution < 1.29 is 14.3 Å². The van der Waals surface area contributed by atoms with E-state index in [4.69, 9.17) is 0 Å². The van der Waals surface area contributed by atoms with E-state index in [1.807, 2.05) is 42.1 Å². The van der Waals surface area contributed by atoms with Gasteiger partial charge in [-0.05, 0) is 59.7 Å². The molecule has 1 fully saturated rings. The molecule has 1 aliphatic rings. The van der Waals surface area contributed by atoms with Gasteiger partial charge < -0.3 is 15.0 Å². The fraction of sp³-hybridized carbons (Fsp3) is 0.286. The molecule has 2 aromatic carbocycles. The first kappa shape index (κ1) is 16.8. The molecule has 1 aliphatic carbocycles. The molecule has 0 aliphatic heterocycles. The summed E-state index contributed by atoms with van der Waals surface area (Å²) in [6.45, 7) is 0.153. The number of carbonyl (C=O) groups is 1. The summed E-state index contributed by atoms with van der Waals surface area (Å²) in [5, 5.41) is 14.4. The van der Waals surface area contributed by atoms with E-state index in [-0.39, 0.29) is 18.3 Å². The zero-order valence-electron chi connectivity index (χ0n) is 14.6. The van der Waals surface area contributed by atoms with E-state index in [1.54, 1.807) is 12.1 Å². The van der Waals surface area contributed by atoms with Crippen LogP contribution in [0.25, 0.3) is 10.9 Å². The highest BCUT2D eigenvalue weighted by molar-refractivity contribution is 5.91. The van der Waals surface area contributed by atoms with Gasteiger partial charge in [-0.25, -0.2) is 4.39 Å². The van der Waals surface area contributed by atoms with Crippen LogP contribution in [0.4, 0.5) is 4.39 Å². The molecule has 3 aromatic rings. The van der Waals surface area contributed by atoms with Gasteiger partial charge in [-0.15, -0.1) is 0 Å². The van der Waals surface area contributed by atoms with Crippen LogP contribution in [0.3, 0.4) is 0 Å². The van der Waals surface area contributed by atoms with Crippen LogP contribution in [0, 0.1) is 5.82 Å². The van der Waals surface area contributed by atoms with Gasteiger partial charge >= 0.3 is 0 Å². The molecule has 1 aromatic heterocycles. The summed E-state index contributed by atoms with van der Waals surface area (Å²) in [4.78, 5) is 12.6. The van der Waals surface area contributed by atoms with Crippen LogP contribution < -0.4 is 5.32 Å². The number of fused-ring (bicyclic) bond motifs is 1. The third kappa shape index (κ3) is 2.88. The Bertz CT molecular complexity index is 958. The Hall–Kier alpha value is -2.66. The first-order valence-corrected chi connectivity index (χ1v) is 8.77. The quantitative estimate of drug-likeness (QED) is 0.741. The summed E-state index contributed by atoms with van der Waals surface area (Å²) < 4.78 is 15.1. The summed E-state index contributed by atoms with van der Waals surface area (Å²) in [5.41, 5.74) is 2.13. The van der Waals surface area contributed by atoms with Gasteiger partial charge in [0.05, 0.1) is 11.5 Å². The van der Waals surface area contributed by atoms with Crippen molar-refractivity contribution in [3.63, 3.8) is 0 Å². The van der Waals surface area contributed by atoms with E-state index in [9.17, 15) is 14.3 Å². The van der Waals surface area contributed by atoms with Crippen LogP contribution in [0.5, 0.6) is 0 Å². The van der Waals surface area contributed by atoms with Crippen LogP contribution in [-0.4, -0.2) is 22.1 Å². The number of halogens is 1. The molecule has 0 saturated heterocycles. The average Bonchev–Trinajstić information content (AvgIpc) is 3.38. The Morgan fingerprint density at radius 1 is 1.23 bits per heavy atom. The third-order valence-electron chi connectivity index (χ3n) is 5.33. The Morgan fingerprint density at radius 2 is 1.96 bits per heavy atom. The minimum absolute atomic E-state index is 0.107. The smallest absolute Gasteiger partial charge is 0.230 e. The first-order chi connectivity index (χ1) is 12.5. The second-order valence-corrected chi connectivity index (χ2v) is 7.06. The Balaban J connectivity index is 1.44. The summed E-state index contributed by atoms with van der Waals surface area (Å²) >= 11 is 0. The van der Waals surface area contributed by atoms with E-state index in [1.165, 1.54) is 12.1 Å². The molecule has 5 heteroatoms. The summed E-state index contributed by atoms with van der Waals surface area (Å²) in [6, 6.07) is 13.9. The monoisotopic (exact) mass is 352 g/mol. The number of benzene rings is 2. The van der Waals surface area contributed by atoms with Gasteiger partial charge in [0.2, 0.25) is 5.91 Å². The molecule has 1 saturated carbocycles. The average molecular weight is 352 g/mol. The highest BCUT2D eigenvalue weighted by Gasteiger charge is 2.51. The number of amides is 1. The maximum atomic E-state index is 13.1. The lowest BCUT2D eigenvalue weighted by Crippen LogP contribution is -2.37. The molecule has 2 N–H and O–H groups in total. The van der Waals surface area contributed by atoms with Gasteiger partial charge in [-0.2, -0.15) is 0 Å². The number of hydrogen-bond donors (Lipinski definition) is 2. The molecule has 0 bridgehead atoms. The number of aliphatic hydroxyl groups is 1. The first-order valence-electron chi connectivity index (χ1n) is 8.77. The second kappa shape index (κ2) is 6.25. The molecule has 4 nitrogen and oxygen atoms in total. The fourth-order valence-electron chi connectivity index (χ4n) is 3.52. The van der Waals surface area contributed by atoms with Crippen LogP contribution >= 0.6 is 0 Å². The molecule has 1 amide bonds. The molecule has 4 rings (SSSR count). The van der Waals surface area contributed by atoms with Crippen molar-refractivity contribution in [2.45, 2.75) is 24.4 Å². The van der Waals surface area contributed by atoms with Gasteiger partial charge in [0.25, 0.3) is 0 Å². The second-order valence-electron chi connectivity index (χ2n) is 7.06. The van der Waals surface area contributed by atoms with Crippen molar-refractivity contribution in [3.05, 3.63) is 71.7 Å². The SMILES string of the molecule is Cn1ccc2cc([C@H](O)CNC(=O)C3(c4ccc(F)cc4)CC3)ccc21. The lowest BCUT2D eigenvalue weighted by molar-refractivity contribution is -0.124. The maximum Gasteiger partial charge on any atom is 0.230 e. The van der Waals surface area contributed by atoms with Gasteiger partial charge in [0, 0.05) is 25.3 Å². The van der Waals surface area contributed by atoms with Crippen molar-refractivity contribution in [1.29, 1.82) is 0 Å². The highest BCUT2D eigenvalue weighted by atomic mass is 19.1. The summed E-state index contributed by atoms with van der Waals surface area (Å²) in [6.07, 6.45) is 2.70. The minimum Gasteiger partial charge on any atom is -0.387 e. The van der Waals surface area contributed by atoms with Crippen LogP contribution in [0.2, 0.25) is 0 Å². The van der Waals surface area contributed by atoms with Gasteiger partial charge in [-0.3, -0.25) is 4.79 Å². The molecule has 0 radical (unpaired) electrons. The summed E-state index contributed by atoms with van der Waals surface area (Å²) in [5.74, 6) is -0.416. The van der Waals surface area contributed by atoms with E-state index >= 15 is 0 Å². The Kier molecular flexibility index (Phi) is 4.04. The summed E-state index contributed by atoms with van der Waals surface area (Å²) in [7, 11) is 1.98. The number of aryl methyl sites for hydroxylation is 1. The van der Waals surface area contributed by atoms with E-state index in [0.29, 0.717) is 0 Å². The molecular formula is C21H21FN2O2. The number of rotatable bonds is 5. The molecule has 0 unspecified atom stereocenters. The standard InChI is InChI=1S/C21H21FN2O2/c1-24-11-8-14-12-15(2-7-18(14)24)19(25)13-23-20(26)21(9-10-21)16-3-5-17(22)6-4-16/h2-8,11-12,19,25H,9-10,13H2,1H3,(H,23,26)/t19-/m1/s1. The lowest BCUT2D eigenvalue weighted by Gasteiger charge is -2.18. The molecule has 1 heterocycles. The number of aromatic nitrogens is 1. The number of nitrogens with one attached hydrogen (secondary N) is 1. The van der Waals surface area contributed by atoms with Crippen LogP contribution in [0.1, 0.15) is 30.1 Å². The van der Waals surface area contributed by atoms with Crippen molar-refractivity contribution >= 4 is 16.8 Å². The fourth-order valence-corrected chi connectivity index (χ4v) is 3.52. The third-order valence-corrected chi connectivity index (χ3v) is 5.33.